The van der Waals surface area contributed by atoms with Crippen molar-refractivity contribution < 1.29 is 17.3 Å². The minimum absolute atomic E-state index is 0.170. The molecule has 1 aromatic rings. The van der Waals surface area contributed by atoms with Crippen molar-refractivity contribution >= 4 is 10.1 Å². The van der Waals surface area contributed by atoms with Crippen LogP contribution in [0.3, 0.4) is 0 Å². The van der Waals surface area contributed by atoms with Crippen LogP contribution in [0.25, 0.3) is 0 Å². The highest BCUT2D eigenvalue weighted by Gasteiger charge is 2.32. The van der Waals surface area contributed by atoms with Gasteiger partial charge in [0.1, 0.15) is 0 Å². The predicted octanol–water partition coefficient (Wildman–Crippen LogP) is 2.13. The summed E-state index contributed by atoms with van der Waals surface area (Å²) in [4.78, 5) is 0.204. The van der Waals surface area contributed by atoms with E-state index in [-0.39, 0.29) is 16.9 Å². The Morgan fingerprint density at radius 2 is 2.00 bits per heavy atom. The average Bonchev–Trinajstić information content (AvgIpc) is 2.75. The van der Waals surface area contributed by atoms with Crippen molar-refractivity contribution in [2.24, 2.45) is 5.41 Å². The second-order valence-electron chi connectivity index (χ2n) is 5.14. The smallest absolute Gasteiger partial charge is 0.296 e. The lowest BCUT2D eigenvalue weighted by atomic mass is 9.92. The van der Waals surface area contributed by atoms with Gasteiger partial charge in [-0.25, -0.2) is 0 Å². The van der Waals surface area contributed by atoms with E-state index in [1.807, 2.05) is 13.8 Å². The van der Waals surface area contributed by atoms with Gasteiger partial charge in [0.15, 0.2) is 0 Å². The fraction of sp³-hybridized carbons (Fsp3) is 0.538. The summed E-state index contributed by atoms with van der Waals surface area (Å²) in [6.07, 6.45) is 0.830. The summed E-state index contributed by atoms with van der Waals surface area (Å²) in [5.41, 5.74) is 0.822. The van der Waals surface area contributed by atoms with Crippen molar-refractivity contribution in [1.82, 2.24) is 0 Å². The van der Waals surface area contributed by atoms with Crippen molar-refractivity contribution in [3.8, 4) is 0 Å². The number of aryl methyl sites for hydroxylation is 1. The van der Waals surface area contributed by atoms with Crippen molar-refractivity contribution in [3.05, 3.63) is 29.8 Å². The van der Waals surface area contributed by atoms with Gasteiger partial charge in [0.25, 0.3) is 10.1 Å². The Hall–Kier alpha value is -0.910. The van der Waals surface area contributed by atoms with Crippen molar-refractivity contribution in [3.63, 3.8) is 0 Å². The van der Waals surface area contributed by atoms with E-state index < -0.39 is 10.1 Å². The zero-order chi connectivity index (χ0) is 13.2. The maximum absolute atomic E-state index is 12.0. The largest absolute Gasteiger partial charge is 0.381 e. The molecule has 1 fully saturated rings. The van der Waals surface area contributed by atoms with Crippen LogP contribution in [0.1, 0.15) is 18.9 Å². The molecular weight excluding hydrogens is 252 g/mol. The van der Waals surface area contributed by atoms with Crippen molar-refractivity contribution in [1.29, 1.82) is 0 Å². The number of hydrogen-bond acceptors (Lipinski definition) is 4. The van der Waals surface area contributed by atoms with Crippen molar-refractivity contribution in [2.75, 3.05) is 19.8 Å². The van der Waals surface area contributed by atoms with Gasteiger partial charge in [-0.15, -0.1) is 0 Å². The van der Waals surface area contributed by atoms with Crippen LogP contribution in [0.5, 0.6) is 0 Å². The molecule has 0 radical (unpaired) electrons. The Labute approximate surface area is 108 Å². The molecule has 1 aliphatic rings. The molecule has 1 heterocycles. The first-order valence-corrected chi connectivity index (χ1v) is 7.36. The second-order valence-corrected chi connectivity index (χ2v) is 6.76. The summed E-state index contributed by atoms with van der Waals surface area (Å²) >= 11 is 0. The van der Waals surface area contributed by atoms with E-state index in [0.29, 0.717) is 13.2 Å². The summed E-state index contributed by atoms with van der Waals surface area (Å²) in [5, 5.41) is 0. The lowest BCUT2D eigenvalue weighted by Crippen LogP contribution is -2.25. The molecule has 0 amide bonds. The van der Waals surface area contributed by atoms with Crippen molar-refractivity contribution in [2.45, 2.75) is 25.2 Å². The van der Waals surface area contributed by atoms with Gasteiger partial charge < -0.3 is 4.74 Å². The van der Waals surface area contributed by atoms with Gasteiger partial charge in [0, 0.05) is 12.0 Å². The molecule has 0 spiro atoms. The highest BCUT2D eigenvalue weighted by molar-refractivity contribution is 7.86. The maximum Gasteiger partial charge on any atom is 0.296 e. The summed E-state index contributed by atoms with van der Waals surface area (Å²) in [5.74, 6) is 0. The van der Waals surface area contributed by atoms with Gasteiger partial charge >= 0.3 is 0 Å². The number of benzene rings is 1. The molecule has 1 aliphatic heterocycles. The first-order valence-electron chi connectivity index (χ1n) is 5.95. The van der Waals surface area contributed by atoms with Crippen LogP contribution in [-0.2, 0) is 19.0 Å². The van der Waals surface area contributed by atoms with Gasteiger partial charge in [0.2, 0.25) is 0 Å². The molecule has 1 unspecified atom stereocenters. The Balaban J connectivity index is 2.05. The molecular formula is C13H18O4S. The van der Waals surface area contributed by atoms with E-state index in [0.717, 1.165) is 12.0 Å². The third-order valence-electron chi connectivity index (χ3n) is 3.17. The van der Waals surface area contributed by atoms with Gasteiger partial charge in [-0.2, -0.15) is 8.42 Å². The van der Waals surface area contributed by atoms with E-state index in [9.17, 15) is 8.42 Å². The zero-order valence-corrected chi connectivity index (χ0v) is 11.5. The number of ether oxygens (including phenoxy) is 1. The lowest BCUT2D eigenvalue weighted by Gasteiger charge is -2.20. The zero-order valence-electron chi connectivity index (χ0n) is 10.7. The van der Waals surface area contributed by atoms with Crippen LogP contribution >= 0.6 is 0 Å². The molecule has 5 heteroatoms. The van der Waals surface area contributed by atoms with Gasteiger partial charge in [0.05, 0.1) is 18.1 Å². The van der Waals surface area contributed by atoms with E-state index in [1.165, 1.54) is 0 Å². The first-order chi connectivity index (χ1) is 8.41. The molecule has 1 saturated heterocycles. The van der Waals surface area contributed by atoms with Gasteiger partial charge in [-0.05, 0) is 25.5 Å². The molecule has 0 aromatic heterocycles. The molecule has 0 bridgehead atoms. The third-order valence-corrected chi connectivity index (χ3v) is 4.45. The van der Waals surface area contributed by atoms with E-state index in [1.54, 1.807) is 24.3 Å². The summed E-state index contributed by atoms with van der Waals surface area (Å²) < 4.78 is 34.4. The van der Waals surface area contributed by atoms with Crippen LogP contribution in [0.2, 0.25) is 0 Å². The molecule has 1 aromatic carbocycles. The first kappa shape index (κ1) is 13.5. The molecule has 18 heavy (non-hydrogen) atoms. The summed E-state index contributed by atoms with van der Waals surface area (Å²) in [6, 6.07) is 6.66. The van der Waals surface area contributed by atoms with E-state index in [4.69, 9.17) is 8.92 Å². The molecule has 0 aliphatic carbocycles. The fourth-order valence-electron chi connectivity index (χ4n) is 1.82. The molecule has 0 N–H and O–H groups in total. The lowest BCUT2D eigenvalue weighted by molar-refractivity contribution is 0.121. The van der Waals surface area contributed by atoms with Crippen LogP contribution in [0.15, 0.2) is 29.2 Å². The SMILES string of the molecule is Cc1ccc(S(=O)(=O)OCC2(C)CCOC2)cc1. The standard InChI is InChI=1S/C13H18O4S/c1-11-3-5-12(6-4-11)18(14,15)17-10-13(2)7-8-16-9-13/h3-6H,7-10H2,1-2H3. The van der Waals surface area contributed by atoms with Crippen LogP contribution < -0.4 is 0 Å². The Morgan fingerprint density at radius 3 is 2.56 bits per heavy atom. The molecule has 4 nitrogen and oxygen atoms in total. The molecule has 100 valence electrons. The van der Waals surface area contributed by atoms with E-state index in [2.05, 4.69) is 0 Å². The number of rotatable bonds is 4. The topological polar surface area (TPSA) is 52.6 Å². The minimum Gasteiger partial charge on any atom is -0.381 e. The number of hydrogen-bond donors (Lipinski definition) is 0. The Bertz CT molecular complexity index is 498. The monoisotopic (exact) mass is 270 g/mol. The highest BCUT2D eigenvalue weighted by atomic mass is 32.2. The quantitative estimate of drug-likeness (QED) is 0.786. The Morgan fingerprint density at radius 1 is 1.33 bits per heavy atom. The van der Waals surface area contributed by atoms with E-state index >= 15 is 0 Å². The van der Waals surface area contributed by atoms with Crippen LogP contribution in [-0.4, -0.2) is 28.2 Å². The summed E-state index contributed by atoms with van der Waals surface area (Å²) in [7, 11) is -3.66. The summed E-state index contributed by atoms with van der Waals surface area (Å²) in [6.45, 7) is 5.28. The van der Waals surface area contributed by atoms with Gasteiger partial charge in [-0.1, -0.05) is 24.6 Å². The van der Waals surface area contributed by atoms with Crippen LogP contribution in [0.4, 0.5) is 0 Å². The molecule has 0 saturated carbocycles. The minimum atomic E-state index is -3.66. The molecule has 2 rings (SSSR count). The second kappa shape index (κ2) is 4.99. The van der Waals surface area contributed by atoms with Gasteiger partial charge in [-0.3, -0.25) is 4.18 Å². The highest BCUT2D eigenvalue weighted by Crippen LogP contribution is 2.29. The molecule has 1 atom stereocenters. The third kappa shape index (κ3) is 3.10. The normalized spacial score (nSPS) is 24.3. The Kier molecular flexibility index (Phi) is 3.75. The predicted molar refractivity (Wildman–Crippen MR) is 67.9 cm³/mol. The fourth-order valence-corrected chi connectivity index (χ4v) is 2.86. The maximum atomic E-state index is 12.0. The average molecular weight is 270 g/mol. The van der Waals surface area contributed by atoms with Crippen LogP contribution in [0, 0.1) is 12.3 Å².